The highest BCUT2D eigenvalue weighted by Crippen LogP contribution is 2.34. The van der Waals surface area contributed by atoms with E-state index < -0.39 is 0 Å². The maximum Gasteiger partial charge on any atom is 0.173 e. The Bertz CT molecular complexity index is 1510. The van der Waals surface area contributed by atoms with Crippen LogP contribution in [-0.2, 0) is 6.54 Å². The van der Waals surface area contributed by atoms with Crippen molar-refractivity contribution in [1.29, 1.82) is 0 Å². The number of nitrogens with zero attached hydrogens (tertiary/aromatic N) is 2. The Morgan fingerprint density at radius 2 is 0.971 bits per heavy atom. The van der Waals surface area contributed by atoms with Gasteiger partial charge in [-0.25, -0.2) is 4.57 Å². The maximum absolute atomic E-state index is 6.10. The molecule has 5 heteroatoms. The lowest BCUT2D eigenvalue weighted by Crippen LogP contribution is -2.32. The number of aromatic nitrogens is 2. The van der Waals surface area contributed by atoms with Crippen molar-refractivity contribution in [2.75, 3.05) is 0 Å². The third-order valence-corrected chi connectivity index (χ3v) is 5.65. The molecule has 0 unspecified atom stereocenters. The molecule has 0 spiro atoms. The molecule has 0 N–H and O–H groups in total. The van der Waals surface area contributed by atoms with Gasteiger partial charge in [-0.2, -0.15) is 0 Å². The van der Waals surface area contributed by atoms with E-state index >= 15 is 0 Å². The maximum atomic E-state index is 6.10. The van der Waals surface area contributed by atoms with E-state index in [1.54, 1.807) is 12.4 Å². The summed E-state index contributed by atoms with van der Waals surface area (Å²) in [4.78, 5) is 4.05. The topological polar surface area (TPSA) is 56.2 Å². The summed E-state index contributed by atoms with van der Waals surface area (Å²) in [6, 6.07) is 29.8. The molecule has 0 aliphatic heterocycles. The highest BCUT2D eigenvalue weighted by molar-refractivity contribution is 5.65. The largest absolute Gasteiger partial charge is 0.453 e. The van der Waals surface area contributed by atoms with Crippen LogP contribution >= 0.6 is 0 Å². The SMILES string of the molecule is c1ccc(C[n+]2ccc(-c3ccc(-c4ccc(-c5ccc(-c6ccncc6)o5)o4)o3)cc2)cc1. The van der Waals surface area contributed by atoms with Gasteiger partial charge < -0.3 is 13.3 Å². The lowest BCUT2D eigenvalue weighted by Gasteiger charge is -1.99. The molecule has 0 fully saturated rings. The van der Waals surface area contributed by atoms with Crippen LogP contribution in [0.25, 0.3) is 45.7 Å². The van der Waals surface area contributed by atoms with Gasteiger partial charge >= 0.3 is 0 Å². The Kier molecular flexibility index (Phi) is 5.13. The molecule has 1 aromatic carbocycles. The highest BCUT2D eigenvalue weighted by Gasteiger charge is 2.15. The van der Waals surface area contributed by atoms with E-state index in [0.29, 0.717) is 23.0 Å². The molecular formula is C29H21N2O3+. The predicted molar refractivity (Wildman–Crippen MR) is 129 cm³/mol. The van der Waals surface area contributed by atoms with Crippen LogP contribution in [0.4, 0.5) is 0 Å². The van der Waals surface area contributed by atoms with E-state index in [-0.39, 0.29) is 0 Å². The smallest absolute Gasteiger partial charge is 0.173 e. The summed E-state index contributed by atoms with van der Waals surface area (Å²) in [6.07, 6.45) is 7.61. The molecular weight excluding hydrogens is 424 g/mol. The average molecular weight is 445 g/mol. The summed E-state index contributed by atoms with van der Waals surface area (Å²) in [7, 11) is 0. The van der Waals surface area contributed by atoms with Gasteiger partial charge in [0.15, 0.2) is 42.0 Å². The van der Waals surface area contributed by atoms with E-state index in [1.807, 2.05) is 54.6 Å². The number of hydrogen-bond acceptors (Lipinski definition) is 4. The first-order chi connectivity index (χ1) is 16.8. The lowest BCUT2D eigenvalue weighted by atomic mass is 10.2. The molecule has 0 saturated carbocycles. The second-order valence-corrected chi connectivity index (χ2v) is 7.97. The van der Waals surface area contributed by atoms with E-state index in [4.69, 9.17) is 13.3 Å². The van der Waals surface area contributed by atoms with Crippen molar-refractivity contribution in [2.45, 2.75) is 6.54 Å². The summed E-state index contributed by atoms with van der Waals surface area (Å²) in [5.74, 6) is 4.19. The van der Waals surface area contributed by atoms with Crippen molar-refractivity contribution in [3.8, 4) is 45.7 Å². The molecule has 5 heterocycles. The van der Waals surface area contributed by atoms with Crippen LogP contribution in [0.2, 0.25) is 0 Å². The number of hydrogen-bond donors (Lipinski definition) is 0. The van der Waals surface area contributed by atoms with Gasteiger partial charge in [0.25, 0.3) is 0 Å². The van der Waals surface area contributed by atoms with Gasteiger partial charge in [-0.3, -0.25) is 4.98 Å². The van der Waals surface area contributed by atoms with Gasteiger partial charge in [-0.1, -0.05) is 30.3 Å². The summed E-state index contributed by atoms with van der Waals surface area (Å²) in [6.45, 7) is 0.829. The zero-order valence-corrected chi connectivity index (χ0v) is 18.3. The molecule has 5 nitrogen and oxygen atoms in total. The monoisotopic (exact) mass is 445 g/mol. The normalized spacial score (nSPS) is 11.1. The van der Waals surface area contributed by atoms with Crippen LogP contribution in [0.3, 0.4) is 0 Å². The van der Waals surface area contributed by atoms with Crippen LogP contribution in [0, 0.1) is 0 Å². The lowest BCUT2D eigenvalue weighted by molar-refractivity contribution is -0.688. The van der Waals surface area contributed by atoms with Crippen LogP contribution in [0.1, 0.15) is 5.56 Å². The van der Waals surface area contributed by atoms with Gasteiger partial charge in [0.05, 0.1) is 0 Å². The van der Waals surface area contributed by atoms with Crippen molar-refractivity contribution in [3.05, 3.63) is 121 Å². The molecule has 164 valence electrons. The van der Waals surface area contributed by atoms with E-state index in [9.17, 15) is 0 Å². The molecule has 0 bridgehead atoms. The van der Waals surface area contributed by atoms with Crippen LogP contribution < -0.4 is 4.57 Å². The molecule has 0 amide bonds. The molecule has 6 aromatic rings. The minimum atomic E-state index is 0.648. The fourth-order valence-corrected chi connectivity index (χ4v) is 3.89. The first kappa shape index (κ1) is 20.0. The zero-order chi connectivity index (χ0) is 22.7. The van der Waals surface area contributed by atoms with Crippen molar-refractivity contribution in [1.82, 2.24) is 4.98 Å². The van der Waals surface area contributed by atoms with Crippen molar-refractivity contribution < 1.29 is 17.8 Å². The molecule has 5 aromatic heterocycles. The highest BCUT2D eigenvalue weighted by atomic mass is 16.4. The average Bonchev–Trinajstić information content (AvgIpc) is 3.66. The van der Waals surface area contributed by atoms with Crippen LogP contribution in [0.5, 0.6) is 0 Å². The summed E-state index contributed by atoms with van der Waals surface area (Å²) >= 11 is 0. The van der Waals surface area contributed by atoms with Crippen molar-refractivity contribution in [2.24, 2.45) is 0 Å². The number of benzene rings is 1. The first-order valence-corrected chi connectivity index (χ1v) is 11.1. The molecule has 34 heavy (non-hydrogen) atoms. The van der Waals surface area contributed by atoms with Crippen molar-refractivity contribution >= 4 is 0 Å². The quantitative estimate of drug-likeness (QED) is 0.263. The number of furan rings is 3. The van der Waals surface area contributed by atoms with Gasteiger partial charge in [0.1, 0.15) is 11.5 Å². The second kappa shape index (κ2) is 8.71. The fraction of sp³-hybridized carbons (Fsp3) is 0.0345. The summed E-state index contributed by atoms with van der Waals surface area (Å²) in [5, 5.41) is 0. The van der Waals surface area contributed by atoms with E-state index in [2.05, 4.69) is 58.3 Å². The molecule has 0 aliphatic carbocycles. The van der Waals surface area contributed by atoms with Gasteiger partial charge in [-0.15, -0.1) is 0 Å². The van der Waals surface area contributed by atoms with Gasteiger partial charge in [0, 0.05) is 41.2 Å². The fourth-order valence-electron chi connectivity index (χ4n) is 3.89. The van der Waals surface area contributed by atoms with Crippen molar-refractivity contribution in [3.63, 3.8) is 0 Å². The molecule has 0 saturated heterocycles. The minimum Gasteiger partial charge on any atom is -0.453 e. The van der Waals surface area contributed by atoms with Gasteiger partial charge in [-0.05, 0) is 48.5 Å². The Labute approximate surface area is 196 Å². The third kappa shape index (κ3) is 4.07. The molecule has 0 atom stereocenters. The number of pyridine rings is 2. The van der Waals surface area contributed by atoms with Crippen LogP contribution in [0.15, 0.2) is 129 Å². The standard InChI is InChI=1S/C29H21N2O3/c1-2-4-21(5-3-1)20-31-18-14-23(15-19-31)25-7-9-27(33-25)29-11-10-28(34-29)26-8-6-24(32-26)22-12-16-30-17-13-22/h1-19H,20H2/q+1. The minimum absolute atomic E-state index is 0.648. The summed E-state index contributed by atoms with van der Waals surface area (Å²) in [5.41, 5.74) is 3.24. The predicted octanol–water partition coefficient (Wildman–Crippen LogP) is 6.86. The van der Waals surface area contributed by atoms with E-state index in [0.717, 1.165) is 29.2 Å². The van der Waals surface area contributed by atoms with Gasteiger partial charge in [0.2, 0.25) is 0 Å². The Hall–Kier alpha value is -4.64. The zero-order valence-electron chi connectivity index (χ0n) is 18.3. The Morgan fingerprint density at radius 1 is 0.500 bits per heavy atom. The molecule has 0 aliphatic rings. The first-order valence-electron chi connectivity index (χ1n) is 11.1. The Morgan fingerprint density at radius 3 is 1.53 bits per heavy atom. The summed E-state index contributed by atoms with van der Waals surface area (Å²) < 4.78 is 20.3. The number of rotatable bonds is 6. The molecule has 6 rings (SSSR count). The molecule has 0 radical (unpaired) electrons. The second-order valence-electron chi connectivity index (χ2n) is 7.97. The Balaban J connectivity index is 1.19. The van der Waals surface area contributed by atoms with Crippen LogP contribution in [-0.4, -0.2) is 4.98 Å². The van der Waals surface area contributed by atoms with E-state index in [1.165, 1.54) is 5.56 Å². The third-order valence-electron chi connectivity index (χ3n) is 5.65.